The smallest absolute Gasteiger partial charge is 0.228 e. The Bertz CT molecular complexity index is 1170. The van der Waals surface area contributed by atoms with Gasteiger partial charge in [0.2, 0.25) is 17.7 Å². The van der Waals surface area contributed by atoms with Crippen LogP contribution in [-0.2, 0) is 4.79 Å². The highest BCUT2D eigenvalue weighted by Gasteiger charge is 2.23. The van der Waals surface area contributed by atoms with Crippen molar-refractivity contribution in [3.8, 4) is 29.2 Å². The van der Waals surface area contributed by atoms with Crippen LogP contribution in [-0.4, -0.2) is 34.6 Å². The molecule has 3 aromatic rings. The molecule has 1 aliphatic rings. The van der Waals surface area contributed by atoms with E-state index in [-0.39, 0.29) is 18.1 Å². The number of carbonyl (C=O) groups is 1. The lowest BCUT2D eigenvalue weighted by atomic mass is 10.0. The van der Waals surface area contributed by atoms with Crippen LogP contribution in [0.5, 0.6) is 11.6 Å². The molecule has 3 heterocycles. The third-order valence-corrected chi connectivity index (χ3v) is 5.20. The Labute approximate surface area is 180 Å². The first-order chi connectivity index (χ1) is 14.9. The number of oxazole rings is 1. The molecular formula is C23H24N4O4. The topological polar surface area (TPSA) is 110 Å². The second kappa shape index (κ2) is 8.26. The number of fused-ring (bicyclic) bond motifs is 1. The molecule has 31 heavy (non-hydrogen) atoms. The number of nitrogens with zero attached hydrogens (tertiary/aromatic N) is 3. The van der Waals surface area contributed by atoms with Crippen LogP contribution >= 0.6 is 0 Å². The minimum Gasteiger partial charge on any atom is -0.490 e. The molecule has 4 rings (SSSR count). The summed E-state index contributed by atoms with van der Waals surface area (Å²) in [4.78, 5) is 20.5. The van der Waals surface area contributed by atoms with E-state index in [1.165, 1.54) is 0 Å². The van der Waals surface area contributed by atoms with Gasteiger partial charge in [-0.3, -0.25) is 4.79 Å². The van der Waals surface area contributed by atoms with Crippen LogP contribution in [0, 0.1) is 25.2 Å². The van der Waals surface area contributed by atoms with Gasteiger partial charge in [0.05, 0.1) is 29.0 Å². The molecule has 1 aromatic carbocycles. The molecule has 1 amide bonds. The summed E-state index contributed by atoms with van der Waals surface area (Å²) in [5.41, 5.74) is 1.86. The minimum absolute atomic E-state index is 0.0303. The molecule has 0 spiro atoms. The zero-order chi connectivity index (χ0) is 22.1. The maximum atomic E-state index is 11.5. The van der Waals surface area contributed by atoms with Gasteiger partial charge in [0, 0.05) is 23.4 Å². The van der Waals surface area contributed by atoms with E-state index in [1.807, 2.05) is 27.7 Å². The fraction of sp³-hybridized carbons (Fsp3) is 0.391. The number of aromatic nitrogens is 2. The largest absolute Gasteiger partial charge is 0.490 e. The first-order valence-electron chi connectivity index (χ1n) is 10.3. The molecule has 1 saturated heterocycles. The summed E-state index contributed by atoms with van der Waals surface area (Å²) in [6.45, 7) is 7.84. The number of ether oxygens (including phenoxy) is 2. The van der Waals surface area contributed by atoms with Crippen molar-refractivity contribution < 1.29 is 18.7 Å². The number of pyridine rings is 1. The summed E-state index contributed by atoms with van der Waals surface area (Å²) in [6.07, 6.45) is 2.77. The van der Waals surface area contributed by atoms with Gasteiger partial charge >= 0.3 is 0 Å². The highest BCUT2D eigenvalue weighted by Crippen LogP contribution is 2.37. The van der Waals surface area contributed by atoms with Gasteiger partial charge in [0.1, 0.15) is 24.2 Å². The third-order valence-electron chi connectivity index (χ3n) is 5.20. The second-order valence-electron chi connectivity index (χ2n) is 7.92. The predicted octanol–water partition coefficient (Wildman–Crippen LogP) is 3.82. The Morgan fingerprint density at radius 2 is 2.13 bits per heavy atom. The molecule has 8 heteroatoms. The minimum atomic E-state index is -0.101. The first kappa shape index (κ1) is 20.7. The summed E-state index contributed by atoms with van der Waals surface area (Å²) in [5, 5.41) is 14.0. The molecule has 0 aliphatic carbocycles. The molecule has 0 bridgehead atoms. The van der Waals surface area contributed by atoms with Gasteiger partial charge in [-0.15, -0.1) is 0 Å². The van der Waals surface area contributed by atoms with Crippen molar-refractivity contribution in [3.63, 3.8) is 0 Å². The highest BCUT2D eigenvalue weighted by molar-refractivity contribution is 5.99. The van der Waals surface area contributed by atoms with Crippen LogP contribution in [0.25, 0.3) is 22.2 Å². The third kappa shape index (κ3) is 4.17. The van der Waals surface area contributed by atoms with Gasteiger partial charge in [-0.05, 0) is 46.2 Å². The molecule has 8 nitrogen and oxygen atoms in total. The number of amides is 1. The van der Waals surface area contributed by atoms with Gasteiger partial charge < -0.3 is 19.2 Å². The molecule has 2 aromatic heterocycles. The van der Waals surface area contributed by atoms with E-state index in [1.54, 1.807) is 18.3 Å². The maximum Gasteiger partial charge on any atom is 0.228 e. The van der Waals surface area contributed by atoms with Crippen LogP contribution in [0.1, 0.15) is 43.7 Å². The molecular weight excluding hydrogens is 396 g/mol. The van der Waals surface area contributed by atoms with Crippen molar-refractivity contribution in [1.82, 2.24) is 15.3 Å². The van der Waals surface area contributed by atoms with Crippen LogP contribution < -0.4 is 14.8 Å². The fourth-order valence-corrected chi connectivity index (χ4v) is 3.54. The lowest BCUT2D eigenvalue weighted by Crippen LogP contribution is -2.31. The Hall–Kier alpha value is -3.60. The highest BCUT2D eigenvalue weighted by atomic mass is 16.5. The van der Waals surface area contributed by atoms with E-state index < -0.39 is 0 Å². The summed E-state index contributed by atoms with van der Waals surface area (Å²) in [6, 6.07) is 5.68. The average molecular weight is 420 g/mol. The number of nitriles is 1. The van der Waals surface area contributed by atoms with Gasteiger partial charge in [-0.25, -0.2) is 9.97 Å². The normalized spacial score (nSPS) is 15.9. The van der Waals surface area contributed by atoms with Gasteiger partial charge in [-0.2, -0.15) is 5.26 Å². The van der Waals surface area contributed by atoms with Crippen molar-refractivity contribution in [2.45, 2.75) is 52.7 Å². The number of benzene rings is 1. The number of rotatable bonds is 6. The summed E-state index contributed by atoms with van der Waals surface area (Å²) in [5.74, 6) is 2.05. The summed E-state index contributed by atoms with van der Waals surface area (Å²) < 4.78 is 17.7. The molecule has 1 unspecified atom stereocenters. The van der Waals surface area contributed by atoms with Crippen LogP contribution in [0.4, 0.5) is 0 Å². The number of hydrogen-bond acceptors (Lipinski definition) is 7. The molecule has 1 fully saturated rings. The molecule has 1 aliphatic heterocycles. The SMILES string of the molecule is Cc1nc(-c2cnc(OCC3CCC(=O)N3)c3cc(OC(C)C)c(C#N)cc23)oc1C. The predicted molar refractivity (Wildman–Crippen MR) is 114 cm³/mol. The van der Waals surface area contributed by atoms with Gasteiger partial charge in [0.25, 0.3) is 0 Å². The van der Waals surface area contributed by atoms with Crippen molar-refractivity contribution >= 4 is 16.7 Å². The lowest BCUT2D eigenvalue weighted by molar-refractivity contribution is -0.119. The standard InChI is InChI=1S/C23H24N4O4/c1-12(2)30-20-8-18-17(7-15(20)9-24)19(23-26-13(3)14(4)31-23)10-25-22(18)29-11-16-5-6-21(28)27-16/h7-8,10,12,16H,5-6,11H2,1-4H3,(H,27,28). The van der Waals surface area contributed by atoms with E-state index in [4.69, 9.17) is 13.9 Å². The van der Waals surface area contributed by atoms with Crippen molar-refractivity contribution in [2.24, 2.45) is 0 Å². The number of nitrogens with one attached hydrogen (secondary N) is 1. The molecule has 1 N–H and O–H groups in total. The summed E-state index contributed by atoms with van der Waals surface area (Å²) >= 11 is 0. The number of hydrogen-bond donors (Lipinski definition) is 1. The first-order valence-corrected chi connectivity index (χ1v) is 10.3. The average Bonchev–Trinajstić information content (AvgIpc) is 3.29. The molecule has 160 valence electrons. The van der Waals surface area contributed by atoms with Gasteiger partial charge in [0.15, 0.2) is 0 Å². The van der Waals surface area contributed by atoms with Crippen LogP contribution in [0.2, 0.25) is 0 Å². The maximum absolute atomic E-state index is 11.5. The number of carbonyl (C=O) groups excluding carboxylic acids is 1. The fourth-order valence-electron chi connectivity index (χ4n) is 3.54. The van der Waals surface area contributed by atoms with Crippen molar-refractivity contribution in [3.05, 3.63) is 35.3 Å². The monoisotopic (exact) mass is 420 g/mol. The van der Waals surface area contributed by atoms with Crippen LogP contribution in [0.3, 0.4) is 0 Å². The lowest BCUT2D eigenvalue weighted by Gasteiger charge is -2.16. The van der Waals surface area contributed by atoms with Crippen molar-refractivity contribution in [1.29, 1.82) is 5.26 Å². The molecule has 0 radical (unpaired) electrons. The second-order valence-corrected chi connectivity index (χ2v) is 7.92. The Kier molecular flexibility index (Phi) is 5.51. The van der Waals surface area contributed by atoms with E-state index in [0.29, 0.717) is 47.1 Å². The van der Waals surface area contributed by atoms with E-state index in [0.717, 1.165) is 23.3 Å². The Morgan fingerprint density at radius 3 is 2.74 bits per heavy atom. The zero-order valence-corrected chi connectivity index (χ0v) is 18.0. The van der Waals surface area contributed by atoms with Crippen LogP contribution in [0.15, 0.2) is 22.7 Å². The van der Waals surface area contributed by atoms with E-state index in [9.17, 15) is 10.1 Å². The molecule has 1 atom stereocenters. The number of aryl methyl sites for hydroxylation is 2. The Morgan fingerprint density at radius 1 is 1.32 bits per heavy atom. The van der Waals surface area contributed by atoms with E-state index in [2.05, 4.69) is 21.4 Å². The summed E-state index contributed by atoms with van der Waals surface area (Å²) in [7, 11) is 0. The van der Waals surface area contributed by atoms with Gasteiger partial charge in [-0.1, -0.05) is 0 Å². The quantitative estimate of drug-likeness (QED) is 0.645. The van der Waals surface area contributed by atoms with E-state index >= 15 is 0 Å². The van der Waals surface area contributed by atoms with Crippen molar-refractivity contribution in [2.75, 3.05) is 6.61 Å². The molecule has 0 saturated carbocycles. The zero-order valence-electron chi connectivity index (χ0n) is 18.0. The Balaban J connectivity index is 1.82.